The van der Waals surface area contributed by atoms with E-state index in [1.807, 2.05) is 19.1 Å². The Morgan fingerprint density at radius 3 is 2.58 bits per heavy atom. The van der Waals surface area contributed by atoms with Crippen LogP contribution in [0.1, 0.15) is 36.8 Å². The first-order valence-corrected chi connectivity index (χ1v) is 9.15. The molecule has 0 radical (unpaired) electrons. The maximum absolute atomic E-state index is 12.4. The molecule has 0 fully saturated rings. The summed E-state index contributed by atoms with van der Waals surface area (Å²) in [6.07, 6.45) is 4.90. The SMILES string of the molecule is COCCC1CCC(=S)NC(=O)C=C(c2cc(OC)c(C)cc2OC)C1. The number of rotatable bonds is 6. The lowest BCUT2D eigenvalue weighted by Crippen LogP contribution is -2.27. The fraction of sp³-hybridized carbons (Fsp3) is 0.500. The summed E-state index contributed by atoms with van der Waals surface area (Å²) >= 11 is 5.28. The smallest absolute Gasteiger partial charge is 0.249 e. The van der Waals surface area contributed by atoms with Crippen LogP contribution in [0.15, 0.2) is 18.2 Å². The van der Waals surface area contributed by atoms with Crippen molar-refractivity contribution in [2.45, 2.75) is 32.6 Å². The minimum absolute atomic E-state index is 0.195. The number of nitrogens with one attached hydrogen (secondary N) is 1. The van der Waals surface area contributed by atoms with Gasteiger partial charge in [-0.05, 0) is 61.8 Å². The molecule has 0 saturated carbocycles. The van der Waals surface area contributed by atoms with Gasteiger partial charge in [0, 0.05) is 25.4 Å². The van der Waals surface area contributed by atoms with Gasteiger partial charge < -0.3 is 19.5 Å². The zero-order chi connectivity index (χ0) is 19.1. The number of hydrogen-bond donors (Lipinski definition) is 1. The van der Waals surface area contributed by atoms with Gasteiger partial charge in [0.15, 0.2) is 0 Å². The fourth-order valence-electron chi connectivity index (χ4n) is 3.22. The lowest BCUT2D eigenvalue weighted by Gasteiger charge is -2.20. The van der Waals surface area contributed by atoms with E-state index in [-0.39, 0.29) is 5.91 Å². The van der Waals surface area contributed by atoms with Gasteiger partial charge in [-0.15, -0.1) is 0 Å². The number of carbonyl (C=O) groups excluding carboxylic acids is 1. The maximum Gasteiger partial charge on any atom is 0.249 e. The number of hydrogen-bond acceptors (Lipinski definition) is 5. The van der Waals surface area contributed by atoms with E-state index in [0.717, 1.165) is 47.5 Å². The average molecular weight is 378 g/mol. The fourth-order valence-corrected chi connectivity index (χ4v) is 3.44. The Bertz CT molecular complexity index is 699. The molecule has 1 heterocycles. The summed E-state index contributed by atoms with van der Waals surface area (Å²) in [5.41, 5.74) is 2.78. The first kappa shape index (κ1) is 20.4. The number of methoxy groups -OCH3 is 3. The number of benzene rings is 1. The molecule has 1 aliphatic heterocycles. The number of carbonyl (C=O) groups is 1. The van der Waals surface area contributed by atoms with Crippen LogP contribution in [-0.2, 0) is 9.53 Å². The Labute approximate surface area is 160 Å². The van der Waals surface area contributed by atoms with Gasteiger partial charge in [-0.25, -0.2) is 0 Å². The highest BCUT2D eigenvalue weighted by molar-refractivity contribution is 7.80. The standard InChI is InChI=1S/C20H27NO4S/c1-13-9-18(25-4)16(12-17(13)24-3)15-10-14(7-8-23-2)5-6-20(26)21-19(22)11-15/h9,11-12,14H,5-8,10H2,1-4H3,(H,21,22,26). The van der Waals surface area contributed by atoms with Gasteiger partial charge in [0.2, 0.25) is 5.91 Å². The molecule has 1 amide bonds. The summed E-state index contributed by atoms with van der Waals surface area (Å²) in [5, 5.41) is 2.79. The highest BCUT2D eigenvalue weighted by Crippen LogP contribution is 2.37. The van der Waals surface area contributed by atoms with Gasteiger partial charge in [0.05, 0.1) is 19.2 Å². The van der Waals surface area contributed by atoms with Crippen LogP contribution in [0.4, 0.5) is 0 Å². The second kappa shape index (κ2) is 9.69. The number of aryl methyl sites for hydroxylation is 1. The predicted molar refractivity (Wildman–Crippen MR) is 107 cm³/mol. The Morgan fingerprint density at radius 1 is 1.19 bits per heavy atom. The van der Waals surface area contributed by atoms with Crippen LogP contribution in [0.25, 0.3) is 5.57 Å². The highest BCUT2D eigenvalue weighted by Gasteiger charge is 2.21. The molecule has 1 unspecified atom stereocenters. The third-order valence-corrected chi connectivity index (χ3v) is 4.96. The Kier molecular flexibility index (Phi) is 7.60. The number of amides is 1. The van der Waals surface area contributed by atoms with Gasteiger partial charge in [0.25, 0.3) is 0 Å². The summed E-state index contributed by atoms with van der Waals surface area (Å²) in [4.78, 5) is 12.9. The maximum atomic E-state index is 12.4. The molecule has 1 N–H and O–H groups in total. The number of allylic oxidation sites excluding steroid dienone is 1. The lowest BCUT2D eigenvalue weighted by atomic mass is 9.88. The minimum atomic E-state index is -0.195. The molecule has 5 nitrogen and oxygen atoms in total. The number of ether oxygens (including phenoxy) is 3. The van der Waals surface area contributed by atoms with E-state index >= 15 is 0 Å². The molecular formula is C20H27NO4S. The van der Waals surface area contributed by atoms with Gasteiger partial charge in [-0.2, -0.15) is 0 Å². The van der Waals surface area contributed by atoms with Crippen LogP contribution in [-0.4, -0.2) is 38.8 Å². The van der Waals surface area contributed by atoms with Crippen molar-refractivity contribution in [3.05, 3.63) is 29.3 Å². The van der Waals surface area contributed by atoms with Gasteiger partial charge >= 0.3 is 0 Å². The van der Waals surface area contributed by atoms with Gasteiger partial charge in [0.1, 0.15) is 11.5 Å². The van der Waals surface area contributed by atoms with Crippen molar-refractivity contribution >= 4 is 28.7 Å². The van der Waals surface area contributed by atoms with Crippen LogP contribution in [0.3, 0.4) is 0 Å². The van der Waals surface area contributed by atoms with E-state index in [0.29, 0.717) is 23.9 Å². The molecular weight excluding hydrogens is 350 g/mol. The molecule has 1 aliphatic rings. The second-order valence-corrected chi connectivity index (χ2v) is 6.99. The van der Waals surface area contributed by atoms with E-state index in [4.69, 9.17) is 26.4 Å². The molecule has 6 heteroatoms. The van der Waals surface area contributed by atoms with Gasteiger partial charge in [-0.1, -0.05) is 12.2 Å². The summed E-state index contributed by atoms with van der Waals surface area (Å²) in [5.74, 6) is 1.67. The van der Waals surface area contributed by atoms with Crippen LogP contribution in [0, 0.1) is 12.8 Å². The molecule has 1 aromatic rings. The molecule has 142 valence electrons. The van der Waals surface area contributed by atoms with E-state index in [2.05, 4.69) is 5.32 Å². The molecule has 1 aromatic carbocycles. The monoisotopic (exact) mass is 377 g/mol. The van der Waals surface area contributed by atoms with E-state index in [1.165, 1.54) is 0 Å². The van der Waals surface area contributed by atoms with E-state index in [9.17, 15) is 4.79 Å². The summed E-state index contributed by atoms with van der Waals surface area (Å²) in [6.45, 7) is 2.65. The predicted octanol–water partition coefficient (Wildman–Crippen LogP) is 3.68. The summed E-state index contributed by atoms with van der Waals surface area (Å²) in [6, 6.07) is 3.88. The Hall–Kier alpha value is -1.92. The Morgan fingerprint density at radius 2 is 1.92 bits per heavy atom. The zero-order valence-corrected chi connectivity index (χ0v) is 16.7. The van der Waals surface area contributed by atoms with Crippen LogP contribution >= 0.6 is 12.2 Å². The molecule has 2 rings (SSSR count). The van der Waals surface area contributed by atoms with Crippen molar-refractivity contribution in [2.75, 3.05) is 27.9 Å². The third-order valence-electron chi connectivity index (χ3n) is 4.65. The number of thiocarbonyl (C=S) groups is 1. The van der Waals surface area contributed by atoms with Crippen LogP contribution < -0.4 is 14.8 Å². The highest BCUT2D eigenvalue weighted by atomic mass is 32.1. The minimum Gasteiger partial charge on any atom is -0.496 e. The van der Waals surface area contributed by atoms with Crippen molar-refractivity contribution < 1.29 is 19.0 Å². The van der Waals surface area contributed by atoms with Crippen molar-refractivity contribution in [3.8, 4) is 11.5 Å². The molecule has 26 heavy (non-hydrogen) atoms. The van der Waals surface area contributed by atoms with Crippen molar-refractivity contribution in [3.63, 3.8) is 0 Å². The van der Waals surface area contributed by atoms with Crippen molar-refractivity contribution in [1.82, 2.24) is 5.32 Å². The lowest BCUT2D eigenvalue weighted by molar-refractivity contribution is -0.115. The molecule has 1 atom stereocenters. The van der Waals surface area contributed by atoms with Gasteiger partial charge in [-0.3, -0.25) is 4.79 Å². The van der Waals surface area contributed by atoms with E-state index < -0.39 is 0 Å². The Balaban J connectivity index is 2.47. The average Bonchev–Trinajstić information content (AvgIpc) is 2.68. The summed E-state index contributed by atoms with van der Waals surface area (Å²) in [7, 11) is 4.98. The quantitative estimate of drug-likeness (QED) is 0.767. The molecule has 0 aliphatic carbocycles. The van der Waals surface area contributed by atoms with Crippen molar-refractivity contribution in [1.29, 1.82) is 0 Å². The normalized spacial score (nSPS) is 18.3. The molecule has 0 saturated heterocycles. The molecule has 0 aromatic heterocycles. The second-order valence-electron chi connectivity index (χ2n) is 6.49. The molecule has 0 spiro atoms. The first-order valence-electron chi connectivity index (χ1n) is 8.74. The summed E-state index contributed by atoms with van der Waals surface area (Å²) < 4.78 is 16.3. The van der Waals surface area contributed by atoms with Crippen molar-refractivity contribution in [2.24, 2.45) is 5.92 Å². The largest absolute Gasteiger partial charge is 0.496 e. The van der Waals surface area contributed by atoms with Crippen LogP contribution in [0.5, 0.6) is 11.5 Å². The van der Waals surface area contributed by atoms with Crippen LogP contribution in [0.2, 0.25) is 0 Å². The topological polar surface area (TPSA) is 56.8 Å². The molecule has 0 bridgehead atoms. The third kappa shape index (κ3) is 5.29. The first-order chi connectivity index (χ1) is 12.5. The zero-order valence-electron chi connectivity index (χ0n) is 15.9. The van der Waals surface area contributed by atoms with E-state index in [1.54, 1.807) is 27.4 Å².